The molecule has 0 aromatic heterocycles. The van der Waals surface area contributed by atoms with Crippen molar-refractivity contribution < 1.29 is 4.39 Å². The predicted octanol–water partition coefficient (Wildman–Crippen LogP) is 1.76. The van der Waals surface area contributed by atoms with Gasteiger partial charge in [-0.15, -0.1) is 0 Å². The predicted molar refractivity (Wildman–Crippen MR) is 62.7 cm³/mol. The van der Waals surface area contributed by atoms with Crippen molar-refractivity contribution in [3.63, 3.8) is 0 Å². The lowest BCUT2D eigenvalue weighted by molar-refractivity contribution is 0.615. The number of anilines is 1. The Bertz CT molecular complexity index is 356. The average Bonchev–Trinajstić information content (AvgIpc) is 2.29. The van der Waals surface area contributed by atoms with Gasteiger partial charge in [-0.2, -0.15) is 5.26 Å². The first-order chi connectivity index (χ1) is 7.67. The van der Waals surface area contributed by atoms with Gasteiger partial charge in [0.25, 0.3) is 0 Å². The summed E-state index contributed by atoms with van der Waals surface area (Å²) in [6, 6.07) is 8.22. The third-order valence-electron chi connectivity index (χ3n) is 2.33. The molecule has 1 N–H and O–H groups in total. The van der Waals surface area contributed by atoms with E-state index in [1.54, 1.807) is 12.1 Å². The fraction of sp³-hybridized carbons (Fsp3) is 0.417. The van der Waals surface area contributed by atoms with Crippen LogP contribution in [0.25, 0.3) is 0 Å². The molecule has 0 radical (unpaired) electrons. The molecule has 0 bridgehead atoms. The van der Waals surface area contributed by atoms with Crippen molar-refractivity contribution in [2.45, 2.75) is 13.0 Å². The van der Waals surface area contributed by atoms with Crippen molar-refractivity contribution in [2.24, 2.45) is 0 Å². The van der Waals surface area contributed by atoms with E-state index in [-0.39, 0.29) is 11.9 Å². The molecule has 0 heterocycles. The fourth-order valence-electron chi connectivity index (χ4n) is 1.47. The van der Waals surface area contributed by atoms with Crippen LogP contribution in [0.15, 0.2) is 24.3 Å². The summed E-state index contributed by atoms with van der Waals surface area (Å²) in [5.74, 6) is -0.249. The van der Waals surface area contributed by atoms with Gasteiger partial charge in [-0.1, -0.05) is 6.92 Å². The lowest BCUT2D eigenvalue weighted by Crippen LogP contribution is -2.38. The maximum absolute atomic E-state index is 12.7. The zero-order valence-corrected chi connectivity index (χ0v) is 9.57. The second-order valence-corrected chi connectivity index (χ2v) is 3.60. The molecule has 0 aliphatic heterocycles. The minimum atomic E-state index is -0.249. The first kappa shape index (κ1) is 12.5. The lowest BCUT2D eigenvalue weighted by atomic mass is 10.2. The highest BCUT2D eigenvalue weighted by Crippen LogP contribution is 2.13. The molecule has 3 nitrogen and oxygen atoms in total. The van der Waals surface area contributed by atoms with E-state index in [1.807, 2.05) is 18.9 Å². The summed E-state index contributed by atoms with van der Waals surface area (Å²) in [5.41, 5.74) is 0.902. The summed E-state index contributed by atoms with van der Waals surface area (Å²) >= 11 is 0. The Kier molecular flexibility index (Phi) is 4.74. The van der Waals surface area contributed by atoms with E-state index in [9.17, 15) is 4.39 Å². The monoisotopic (exact) mass is 221 g/mol. The smallest absolute Gasteiger partial charge is 0.123 e. The van der Waals surface area contributed by atoms with Gasteiger partial charge >= 0.3 is 0 Å². The summed E-state index contributed by atoms with van der Waals surface area (Å²) in [6.07, 6.45) is 0. The quantitative estimate of drug-likeness (QED) is 0.823. The molecular formula is C12H16FN3. The number of benzene rings is 1. The Morgan fingerprint density at radius 3 is 2.56 bits per heavy atom. The summed E-state index contributed by atoms with van der Waals surface area (Å²) in [5, 5.41) is 12.0. The van der Waals surface area contributed by atoms with Crippen LogP contribution in [-0.4, -0.2) is 26.2 Å². The first-order valence-electron chi connectivity index (χ1n) is 5.27. The van der Waals surface area contributed by atoms with E-state index >= 15 is 0 Å². The molecule has 0 amide bonds. The van der Waals surface area contributed by atoms with Crippen LogP contribution < -0.4 is 10.2 Å². The molecule has 0 saturated carbocycles. The standard InChI is InChI=1S/C12H16FN3/c1-3-15-11(8-14)9-16(2)12-6-4-10(13)5-7-12/h4-7,11,15H,3,9H2,1-2H3. The molecule has 0 saturated heterocycles. The van der Waals surface area contributed by atoms with Gasteiger partial charge in [0, 0.05) is 19.3 Å². The SMILES string of the molecule is CCNC(C#N)CN(C)c1ccc(F)cc1. The van der Waals surface area contributed by atoms with Crippen molar-refractivity contribution in [2.75, 3.05) is 25.0 Å². The van der Waals surface area contributed by atoms with Gasteiger partial charge in [0.05, 0.1) is 6.07 Å². The van der Waals surface area contributed by atoms with E-state index in [0.29, 0.717) is 6.54 Å². The largest absolute Gasteiger partial charge is 0.372 e. The van der Waals surface area contributed by atoms with Gasteiger partial charge in [-0.05, 0) is 30.8 Å². The van der Waals surface area contributed by atoms with Gasteiger partial charge < -0.3 is 10.2 Å². The number of nitrogens with one attached hydrogen (secondary N) is 1. The molecule has 1 aromatic rings. The van der Waals surface area contributed by atoms with Crippen LogP contribution in [0.2, 0.25) is 0 Å². The molecule has 0 spiro atoms. The lowest BCUT2D eigenvalue weighted by Gasteiger charge is -2.22. The number of likely N-dealkylation sites (N-methyl/N-ethyl adjacent to an activating group) is 2. The second-order valence-electron chi connectivity index (χ2n) is 3.60. The fourth-order valence-corrected chi connectivity index (χ4v) is 1.47. The molecule has 1 aromatic carbocycles. The topological polar surface area (TPSA) is 39.1 Å². The van der Waals surface area contributed by atoms with E-state index in [0.717, 1.165) is 12.2 Å². The van der Waals surface area contributed by atoms with E-state index in [1.165, 1.54) is 12.1 Å². The van der Waals surface area contributed by atoms with E-state index in [2.05, 4.69) is 11.4 Å². The Labute approximate surface area is 95.5 Å². The molecule has 4 heteroatoms. The Hall–Kier alpha value is -1.60. The molecule has 1 atom stereocenters. The Morgan fingerprint density at radius 1 is 1.44 bits per heavy atom. The Balaban J connectivity index is 2.61. The van der Waals surface area contributed by atoms with E-state index < -0.39 is 0 Å². The summed E-state index contributed by atoms with van der Waals surface area (Å²) in [7, 11) is 1.88. The maximum Gasteiger partial charge on any atom is 0.123 e. The van der Waals surface area contributed by atoms with Gasteiger partial charge in [0.1, 0.15) is 11.9 Å². The van der Waals surface area contributed by atoms with Crippen molar-refractivity contribution in [1.29, 1.82) is 5.26 Å². The zero-order chi connectivity index (χ0) is 12.0. The molecule has 86 valence electrons. The molecule has 16 heavy (non-hydrogen) atoms. The maximum atomic E-state index is 12.7. The highest BCUT2D eigenvalue weighted by atomic mass is 19.1. The van der Waals surface area contributed by atoms with E-state index in [4.69, 9.17) is 5.26 Å². The third-order valence-corrected chi connectivity index (χ3v) is 2.33. The van der Waals surface area contributed by atoms with Crippen LogP contribution in [-0.2, 0) is 0 Å². The minimum absolute atomic E-state index is 0.208. The van der Waals surface area contributed by atoms with Crippen LogP contribution in [0.3, 0.4) is 0 Å². The zero-order valence-electron chi connectivity index (χ0n) is 9.57. The highest BCUT2D eigenvalue weighted by molar-refractivity contribution is 5.45. The number of hydrogen-bond donors (Lipinski definition) is 1. The number of nitrogens with zero attached hydrogens (tertiary/aromatic N) is 2. The average molecular weight is 221 g/mol. The second kappa shape index (κ2) is 6.09. The normalized spacial score (nSPS) is 11.9. The van der Waals surface area contributed by atoms with Crippen LogP contribution >= 0.6 is 0 Å². The van der Waals surface area contributed by atoms with Crippen LogP contribution in [0.5, 0.6) is 0 Å². The van der Waals surface area contributed by atoms with Gasteiger partial charge in [-0.25, -0.2) is 4.39 Å². The molecule has 0 fully saturated rings. The van der Waals surface area contributed by atoms with Gasteiger partial charge in [-0.3, -0.25) is 0 Å². The first-order valence-corrected chi connectivity index (χ1v) is 5.27. The molecule has 1 unspecified atom stereocenters. The number of rotatable bonds is 5. The number of hydrogen-bond acceptors (Lipinski definition) is 3. The van der Waals surface area contributed by atoms with Crippen molar-refractivity contribution in [3.05, 3.63) is 30.1 Å². The molecule has 1 rings (SSSR count). The molecule has 0 aliphatic rings. The molecular weight excluding hydrogens is 205 g/mol. The number of halogens is 1. The van der Waals surface area contributed by atoms with Crippen molar-refractivity contribution in [3.8, 4) is 6.07 Å². The van der Waals surface area contributed by atoms with Gasteiger partial charge in [0.2, 0.25) is 0 Å². The van der Waals surface area contributed by atoms with Gasteiger partial charge in [0.15, 0.2) is 0 Å². The number of nitriles is 1. The summed E-state index contributed by atoms with van der Waals surface area (Å²) in [6.45, 7) is 3.30. The van der Waals surface area contributed by atoms with Crippen LogP contribution in [0.1, 0.15) is 6.92 Å². The summed E-state index contributed by atoms with van der Waals surface area (Å²) in [4.78, 5) is 1.93. The Morgan fingerprint density at radius 2 is 2.06 bits per heavy atom. The highest BCUT2D eigenvalue weighted by Gasteiger charge is 2.09. The summed E-state index contributed by atoms with van der Waals surface area (Å²) < 4.78 is 12.7. The van der Waals surface area contributed by atoms with Crippen LogP contribution in [0.4, 0.5) is 10.1 Å². The molecule has 0 aliphatic carbocycles. The third kappa shape index (κ3) is 3.52. The van der Waals surface area contributed by atoms with Crippen molar-refractivity contribution >= 4 is 5.69 Å². The van der Waals surface area contributed by atoms with Crippen molar-refractivity contribution in [1.82, 2.24) is 5.32 Å². The minimum Gasteiger partial charge on any atom is -0.372 e. The van der Waals surface area contributed by atoms with Crippen LogP contribution in [0, 0.1) is 17.1 Å².